The lowest BCUT2D eigenvalue weighted by molar-refractivity contribution is 0.429. The minimum atomic E-state index is 0.658. The minimum absolute atomic E-state index is 0.658. The molecule has 1 aromatic rings. The molecular formula is C9H16N4S. The van der Waals surface area contributed by atoms with Gasteiger partial charge in [0.15, 0.2) is 5.16 Å². The summed E-state index contributed by atoms with van der Waals surface area (Å²) in [6, 6.07) is 0.658. The van der Waals surface area contributed by atoms with E-state index in [1.807, 2.05) is 11.7 Å². The maximum absolute atomic E-state index is 4.19. The quantitative estimate of drug-likeness (QED) is 0.761. The molecule has 0 bridgehead atoms. The number of hydrogen-bond acceptors (Lipinski definition) is 4. The minimum Gasteiger partial charge on any atom is -0.313 e. The molecule has 5 heteroatoms. The normalized spacial score (nSPS) is 22.5. The van der Waals surface area contributed by atoms with Gasteiger partial charge in [0.25, 0.3) is 0 Å². The van der Waals surface area contributed by atoms with Crippen molar-refractivity contribution in [3.8, 4) is 0 Å². The van der Waals surface area contributed by atoms with Gasteiger partial charge in [0.2, 0.25) is 0 Å². The van der Waals surface area contributed by atoms with Crippen molar-refractivity contribution in [3.63, 3.8) is 0 Å². The van der Waals surface area contributed by atoms with Crippen LogP contribution in [0.5, 0.6) is 0 Å². The predicted octanol–water partition coefficient (Wildman–Crippen LogP) is 1.05. The molecule has 4 nitrogen and oxygen atoms in total. The molecule has 1 fully saturated rings. The van der Waals surface area contributed by atoms with E-state index in [1.54, 1.807) is 18.1 Å². The van der Waals surface area contributed by atoms with Gasteiger partial charge in [-0.2, -0.15) is 5.10 Å². The van der Waals surface area contributed by atoms with E-state index in [0.717, 1.165) is 10.9 Å². The molecule has 14 heavy (non-hydrogen) atoms. The maximum Gasteiger partial charge on any atom is 0.185 e. The number of hydrogen-bond donors (Lipinski definition) is 1. The summed E-state index contributed by atoms with van der Waals surface area (Å²) in [6.45, 7) is 1.17. The van der Waals surface area contributed by atoms with E-state index in [-0.39, 0.29) is 0 Å². The van der Waals surface area contributed by atoms with E-state index >= 15 is 0 Å². The molecule has 1 aliphatic rings. The van der Waals surface area contributed by atoms with Gasteiger partial charge in [0, 0.05) is 18.8 Å². The van der Waals surface area contributed by atoms with Crippen LogP contribution in [0.15, 0.2) is 11.5 Å². The Morgan fingerprint density at radius 2 is 2.57 bits per heavy atom. The zero-order valence-corrected chi connectivity index (χ0v) is 9.26. The number of rotatable bonds is 3. The SMILES string of the molecule is Cn1ncnc1SCC1CCCCN1. The third kappa shape index (κ3) is 2.48. The van der Waals surface area contributed by atoms with Gasteiger partial charge in [-0.1, -0.05) is 18.2 Å². The summed E-state index contributed by atoms with van der Waals surface area (Å²) < 4.78 is 1.83. The van der Waals surface area contributed by atoms with E-state index < -0.39 is 0 Å². The van der Waals surface area contributed by atoms with E-state index in [4.69, 9.17) is 0 Å². The van der Waals surface area contributed by atoms with E-state index in [0.29, 0.717) is 6.04 Å². The summed E-state index contributed by atoms with van der Waals surface area (Å²) >= 11 is 1.79. The van der Waals surface area contributed by atoms with Crippen molar-refractivity contribution in [2.45, 2.75) is 30.5 Å². The molecule has 0 aromatic carbocycles. The Morgan fingerprint density at radius 3 is 3.21 bits per heavy atom. The van der Waals surface area contributed by atoms with Crippen LogP contribution in [0.3, 0.4) is 0 Å². The first kappa shape index (κ1) is 9.98. The number of aryl methyl sites for hydroxylation is 1. The van der Waals surface area contributed by atoms with Crippen LogP contribution in [0.1, 0.15) is 19.3 Å². The van der Waals surface area contributed by atoms with Gasteiger partial charge >= 0.3 is 0 Å². The first-order valence-corrected chi connectivity index (χ1v) is 6.05. The third-order valence-electron chi connectivity index (χ3n) is 2.50. The molecule has 0 aliphatic carbocycles. The van der Waals surface area contributed by atoms with Gasteiger partial charge in [-0.3, -0.25) is 0 Å². The highest BCUT2D eigenvalue weighted by atomic mass is 32.2. The summed E-state index contributed by atoms with van der Waals surface area (Å²) in [5.74, 6) is 1.10. The average molecular weight is 212 g/mol. The van der Waals surface area contributed by atoms with Crippen molar-refractivity contribution in [1.82, 2.24) is 20.1 Å². The smallest absolute Gasteiger partial charge is 0.185 e. The molecule has 1 N–H and O–H groups in total. The zero-order valence-electron chi connectivity index (χ0n) is 8.44. The predicted molar refractivity (Wildman–Crippen MR) is 57.4 cm³/mol. The Morgan fingerprint density at radius 1 is 1.64 bits per heavy atom. The molecule has 1 aromatic heterocycles. The van der Waals surface area contributed by atoms with Gasteiger partial charge in [0.05, 0.1) is 0 Å². The number of aromatic nitrogens is 3. The van der Waals surface area contributed by atoms with Crippen molar-refractivity contribution in [1.29, 1.82) is 0 Å². The van der Waals surface area contributed by atoms with Crippen LogP contribution < -0.4 is 5.32 Å². The molecule has 0 radical (unpaired) electrons. The Hall–Kier alpha value is -0.550. The third-order valence-corrected chi connectivity index (χ3v) is 3.69. The monoisotopic (exact) mass is 212 g/mol. The Bertz CT molecular complexity index is 280. The lowest BCUT2D eigenvalue weighted by Crippen LogP contribution is -2.35. The van der Waals surface area contributed by atoms with Crippen LogP contribution in [0.2, 0.25) is 0 Å². The van der Waals surface area contributed by atoms with Crippen molar-refractivity contribution in [2.75, 3.05) is 12.3 Å². The maximum atomic E-state index is 4.19. The van der Waals surface area contributed by atoms with Crippen LogP contribution in [0.4, 0.5) is 0 Å². The fraction of sp³-hybridized carbons (Fsp3) is 0.778. The zero-order chi connectivity index (χ0) is 9.80. The van der Waals surface area contributed by atoms with E-state index in [1.165, 1.54) is 25.8 Å². The number of thioether (sulfide) groups is 1. The molecular weight excluding hydrogens is 196 g/mol. The Balaban J connectivity index is 1.79. The van der Waals surface area contributed by atoms with Gasteiger partial charge in [-0.25, -0.2) is 9.67 Å². The summed E-state index contributed by atoms with van der Waals surface area (Å²) in [5.41, 5.74) is 0. The van der Waals surface area contributed by atoms with Crippen molar-refractivity contribution < 1.29 is 0 Å². The second kappa shape index (κ2) is 4.79. The summed E-state index contributed by atoms with van der Waals surface area (Å²) in [4.78, 5) is 4.19. The fourth-order valence-electron chi connectivity index (χ4n) is 1.66. The molecule has 78 valence electrons. The highest BCUT2D eigenvalue weighted by molar-refractivity contribution is 7.99. The molecule has 2 heterocycles. The average Bonchev–Trinajstić information content (AvgIpc) is 2.63. The van der Waals surface area contributed by atoms with Crippen molar-refractivity contribution in [2.24, 2.45) is 7.05 Å². The van der Waals surface area contributed by atoms with Crippen LogP contribution in [-0.2, 0) is 7.05 Å². The van der Waals surface area contributed by atoms with Crippen LogP contribution in [-0.4, -0.2) is 33.1 Å². The number of piperidine rings is 1. The molecule has 0 saturated carbocycles. The first-order valence-electron chi connectivity index (χ1n) is 5.06. The van der Waals surface area contributed by atoms with Crippen LogP contribution in [0, 0.1) is 0 Å². The molecule has 1 aliphatic heterocycles. The molecule has 2 rings (SSSR count). The number of nitrogens with one attached hydrogen (secondary N) is 1. The van der Waals surface area contributed by atoms with Crippen molar-refractivity contribution in [3.05, 3.63) is 6.33 Å². The second-order valence-corrected chi connectivity index (χ2v) is 4.61. The van der Waals surface area contributed by atoms with Gasteiger partial charge in [-0.15, -0.1) is 0 Å². The first-order chi connectivity index (χ1) is 6.86. The summed E-state index contributed by atoms with van der Waals surface area (Å²) in [6.07, 6.45) is 5.59. The topological polar surface area (TPSA) is 42.7 Å². The van der Waals surface area contributed by atoms with Gasteiger partial charge in [-0.05, 0) is 19.4 Å². The highest BCUT2D eigenvalue weighted by Crippen LogP contribution is 2.18. The number of nitrogens with zero attached hydrogens (tertiary/aromatic N) is 3. The van der Waals surface area contributed by atoms with Crippen LogP contribution in [0.25, 0.3) is 0 Å². The van der Waals surface area contributed by atoms with E-state index in [9.17, 15) is 0 Å². The fourth-order valence-corrected chi connectivity index (χ4v) is 2.65. The molecule has 0 spiro atoms. The lowest BCUT2D eigenvalue weighted by atomic mass is 10.1. The van der Waals surface area contributed by atoms with Crippen LogP contribution >= 0.6 is 11.8 Å². The molecule has 1 unspecified atom stereocenters. The van der Waals surface area contributed by atoms with Crippen molar-refractivity contribution >= 4 is 11.8 Å². The lowest BCUT2D eigenvalue weighted by Gasteiger charge is -2.22. The second-order valence-electron chi connectivity index (χ2n) is 3.62. The highest BCUT2D eigenvalue weighted by Gasteiger charge is 2.13. The molecule has 1 atom stereocenters. The van der Waals surface area contributed by atoms with E-state index in [2.05, 4.69) is 15.4 Å². The Kier molecular flexibility index (Phi) is 3.42. The summed E-state index contributed by atoms with van der Waals surface area (Å²) in [7, 11) is 1.93. The summed E-state index contributed by atoms with van der Waals surface area (Å²) in [5, 5.41) is 8.58. The molecule has 0 amide bonds. The van der Waals surface area contributed by atoms with Gasteiger partial charge in [0.1, 0.15) is 6.33 Å². The standard InChI is InChI=1S/C9H16N4S/c1-13-9(11-7-12-13)14-6-8-4-2-3-5-10-8/h7-8,10H,2-6H2,1H3. The van der Waals surface area contributed by atoms with Gasteiger partial charge < -0.3 is 5.32 Å². The largest absolute Gasteiger partial charge is 0.313 e. The Labute approximate surface area is 88.5 Å². The molecule has 1 saturated heterocycles.